The molecule has 0 bridgehead atoms. The molecular formula is C4H6S2. The monoisotopic (exact) mass is 118 g/mol. The quantitative estimate of drug-likeness (QED) is 0.269. The van der Waals surface area contributed by atoms with Crippen LogP contribution in [0, 0.1) is 0 Å². The third kappa shape index (κ3) is 0.738. The summed E-state index contributed by atoms with van der Waals surface area (Å²) >= 11 is 8.24. The number of allylic oxidation sites excluding steroid dienone is 1. The second-order valence-corrected chi connectivity index (χ2v) is 3.43. The molecule has 6 heavy (non-hydrogen) atoms. The standard InChI is InChI=1S/C4H6S2/c5-4(6)2-1-3-4/h1-2,5-6H,3H2. The number of hydrogen-bond donors (Lipinski definition) is 2. The molecule has 0 fully saturated rings. The Morgan fingerprint density at radius 1 is 1.50 bits per heavy atom. The van der Waals surface area contributed by atoms with E-state index in [1.807, 2.05) is 6.08 Å². The Kier molecular flexibility index (Phi) is 0.922. The van der Waals surface area contributed by atoms with Crippen LogP contribution in [0.5, 0.6) is 0 Å². The van der Waals surface area contributed by atoms with Crippen LogP contribution in [-0.2, 0) is 0 Å². The fraction of sp³-hybridized carbons (Fsp3) is 0.500. The zero-order valence-electron chi connectivity index (χ0n) is 3.26. The highest BCUT2D eigenvalue weighted by atomic mass is 32.2. The molecule has 1 aliphatic carbocycles. The van der Waals surface area contributed by atoms with Gasteiger partial charge >= 0.3 is 0 Å². The van der Waals surface area contributed by atoms with Crippen molar-refractivity contribution in [3.8, 4) is 0 Å². The van der Waals surface area contributed by atoms with Crippen LogP contribution in [0.15, 0.2) is 12.2 Å². The number of thiol groups is 2. The zero-order valence-corrected chi connectivity index (χ0v) is 5.05. The maximum atomic E-state index is 4.12. The van der Waals surface area contributed by atoms with Crippen LogP contribution in [0.25, 0.3) is 0 Å². The van der Waals surface area contributed by atoms with E-state index in [1.54, 1.807) is 0 Å². The van der Waals surface area contributed by atoms with Crippen molar-refractivity contribution in [1.29, 1.82) is 0 Å². The normalized spacial score (nSPS) is 26.3. The SMILES string of the molecule is SC1(S)C=CC1. The molecule has 0 aromatic heterocycles. The average Bonchev–Trinajstić information content (AvgIpc) is 1.32. The average molecular weight is 118 g/mol. The van der Waals surface area contributed by atoms with Crippen molar-refractivity contribution in [1.82, 2.24) is 0 Å². The largest absolute Gasteiger partial charge is 0.157 e. The Morgan fingerprint density at radius 2 is 1.83 bits per heavy atom. The lowest BCUT2D eigenvalue weighted by molar-refractivity contribution is 0.934. The summed E-state index contributed by atoms with van der Waals surface area (Å²) in [6.07, 6.45) is 5.03. The lowest BCUT2D eigenvalue weighted by atomic mass is 10.1. The molecule has 1 rings (SSSR count). The van der Waals surface area contributed by atoms with E-state index in [9.17, 15) is 0 Å². The van der Waals surface area contributed by atoms with Crippen LogP contribution < -0.4 is 0 Å². The van der Waals surface area contributed by atoms with Crippen molar-refractivity contribution in [3.63, 3.8) is 0 Å². The van der Waals surface area contributed by atoms with Crippen LogP contribution in [0.3, 0.4) is 0 Å². The van der Waals surface area contributed by atoms with Crippen LogP contribution in [0.1, 0.15) is 6.42 Å². The highest BCUT2D eigenvalue weighted by Crippen LogP contribution is 2.33. The summed E-state index contributed by atoms with van der Waals surface area (Å²) in [4.78, 5) is 0. The molecule has 0 aromatic carbocycles. The van der Waals surface area contributed by atoms with Crippen molar-refractivity contribution < 1.29 is 0 Å². The smallest absolute Gasteiger partial charge is 0.0767 e. The molecule has 0 saturated heterocycles. The molecule has 0 heterocycles. The van der Waals surface area contributed by atoms with Crippen molar-refractivity contribution in [2.45, 2.75) is 10.5 Å². The first-order valence-electron chi connectivity index (χ1n) is 1.83. The highest BCUT2D eigenvalue weighted by molar-refractivity contribution is 8.01. The molecular weight excluding hydrogens is 112 g/mol. The van der Waals surface area contributed by atoms with Gasteiger partial charge in [0, 0.05) is 0 Å². The van der Waals surface area contributed by atoms with Crippen molar-refractivity contribution >= 4 is 25.3 Å². The molecule has 34 valence electrons. The Bertz CT molecular complexity index is 83.5. The first kappa shape index (κ1) is 4.60. The molecule has 0 atom stereocenters. The molecule has 0 N–H and O–H groups in total. The summed E-state index contributed by atoms with van der Waals surface area (Å²) in [5.41, 5.74) is 0. The summed E-state index contributed by atoms with van der Waals surface area (Å²) in [6, 6.07) is 0. The van der Waals surface area contributed by atoms with Crippen LogP contribution in [0.4, 0.5) is 0 Å². The van der Waals surface area contributed by atoms with Gasteiger partial charge < -0.3 is 0 Å². The van der Waals surface area contributed by atoms with E-state index in [0.717, 1.165) is 6.42 Å². The Morgan fingerprint density at radius 3 is 1.83 bits per heavy atom. The maximum Gasteiger partial charge on any atom is 0.0767 e. The minimum atomic E-state index is -0.0694. The van der Waals surface area contributed by atoms with Gasteiger partial charge in [-0.25, -0.2) is 0 Å². The Labute approximate surface area is 48.4 Å². The summed E-state index contributed by atoms with van der Waals surface area (Å²) in [5, 5.41) is 0. The molecule has 1 aliphatic rings. The summed E-state index contributed by atoms with van der Waals surface area (Å²) in [6.45, 7) is 0. The molecule has 0 nitrogen and oxygen atoms in total. The lowest BCUT2D eigenvalue weighted by Crippen LogP contribution is -2.14. The van der Waals surface area contributed by atoms with Crippen LogP contribution in [0.2, 0.25) is 0 Å². The molecule has 0 aliphatic heterocycles. The van der Waals surface area contributed by atoms with E-state index >= 15 is 0 Å². The summed E-state index contributed by atoms with van der Waals surface area (Å²) < 4.78 is -0.0694. The first-order chi connectivity index (χ1) is 2.71. The van der Waals surface area contributed by atoms with Crippen molar-refractivity contribution in [2.75, 3.05) is 0 Å². The van der Waals surface area contributed by atoms with Crippen molar-refractivity contribution in [3.05, 3.63) is 12.2 Å². The second kappa shape index (κ2) is 1.20. The lowest BCUT2D eigenvalue weighted by Gasteiger charge is -2.22. The van der Waals surface area contributed by atoms with Gasteiger partial charge in [-0.2, -0.15) is 25.3 Å². The molecule has 0 amide bonds. The topological polar surface area (TPSA) is 0 Å². The Balaban J connectivity index is 2.57. The van der Waals surface area contributed by atoms with Crippen molar-refractivity contribution in [2.24, 2.45) is 0 Å². The van der Waals surface area contributed by atoms with E-state index in [1.165, 1.54) is 0 Å². The van der Waals surface area contributed by atoms with Gasteiger partial charge in [0.05, 0.1) is 4.08 Å². The van der Waals surface area contributed by atoms with E-state index < -0.39 is 0 Å². The van der Waals surface area contributed by atoms with E-state index in [4.69, 9.17) is 0 Å². The maximum absolute atomic E-state index is 4.12. The fourth-order valence-corrected chi connectivity index (χ4v) is 0.750. The van der Waals surface area contributed by atoms with E-state index in [0.29, 0.717) is 0 Å². The summed E-state index contributed by atoms with van der Waals surface area (Å²) in [7, 11) is 0. The predicted octanol–water partition coefficient (Wildman–Crippen LogP) is 1.50. The van der Waals surface area contributed by atoms with Gasteiger partial charge in [0.2, 0.25) is 0 Å². The molecule has 0 spiro atoms. The zero-order chi connectivity index (χ0) is 4.62. The third-order valence-corrected chi connectivity index (χ3v) is 1.47. The minimum Gasteiger partial charge on any atom is -0.157 e. The minimum absolute atomic E-state index is 0.0694. The van der Waals surface area contributed by atoms with Gasteiger partial charge in [-0.1, -0.05) is 12.2 Å². The van der Waals surface area contributed by atoms with Crippen LogP contribution in [-0.4, -0.2) is 4.08 Å². The first-order valence-corrected chi connectivity index (χ1v) is 2.73. The van der Waals surface area contributed by atoms with Gasteiger partial charge in [0.1, 0.15) is 0 Å². The molecule has 2 heteroatoms. The van der Waals surface area contributed by atoms with Gasteiger partial charge in [0.25, 0.3) is 0 Å². The Hall–Kier alpha value is 0.440. The van der Waals surface area contributed by atoms with E-state index in [2.05, 4.69) is 31.3 Å². The number of hydrogen-bond acceptors (Lipinski definition) is 2. The molecule has 0 saturated carbocycles. The van der Waals surface area contributed by atoms with Gasteiger partial charge in [-0.05, 0) is 6.42 Å². The summed E-state index contributed by atoms with van der Waals surface area (Å²) in [5.74, 6) is 0. The molecule has 0 unspecified atom stereocenters. The highest BCUT2D eigenvalue weighted by Gasteiger charge is 2.20. The van der Waals surface area contributed by atoms with E-state index in [-0.39, 0.29) is 4.08 Å². The van der Waals surface area contributed by atoms with Gasteiger partial charge in [-0.3, -0.25) is 0 Å². The predicted molar refractivity (Wildman–Crippen MR) is 34.5 cm³/mol. The van der Waals surface area contributed by atoms with Gasteiger partial charge in [-0.15, -0.1) is 0 Å². The van der Waals surface area contributed by atoms with Gasteiger partial charge in [0.15, 0.2) is 0 Å². The number of rotatable bonds is 0. The second-order valence-electron chi connectivity index (χ2n) is 1.49. The molecule has 0 aromatic rings. The van der Waals surface area contributed by atoms with Crippen LogP contribution >= 0.6 is 25.3 Å². The third-order valence-electron chi connectivity index (χ3n) is 0.803. The fourth-order valence-electron chi connectivity index (χ4n) is 0.329. The molecule has 0 radical (unpaired) electrons.